The SMILES string of the molecule is CCOC(=O)C1CC(=O)N(c2ccc3oc(-c4ccc(C(C)C)cc4)nc3c2)C1. The van der Waals surface area contributed by atoms with Gasteiger partial charge in [0.05, 0.1) is 12.5 Å². The van der Waals surface area contributed by atoms with Crippen molar-refractivity contribution in [3.63, 3.8) is 0 Å². The maximum atomic E-state index is 12.4. The van der Waals surface area contributed by atoms with Gasteiger partial charge in [-0.15, -0.1) is 0 Å². The lowest BCUT2D eigenvalue weighted by atomic mass is 10.0. The average Bonchev–Trinajstić information content (AvgIpc) is 3.31. The molecule has 0 aliphatic carbocycles. The molecule has 0 bridgehead atoms. The normalized spacial score (nSPS) is 16.8. The summed E-state index contributed by atoms with van der Waals surface area (Å²) < 4.78 is 11.0. The van der Waals surface area contributed by atoms with Crippen LogP contribution in [-0.4, -0.2) is 30.0 Å². The number of carbonyl (C=O) groups excluding carboxylic acids is 2. The summed E-state index contributed by atoms with van der Waals surface area (Å²) in [5.74, 6) is 0.176. The highest BCUT2D eigenvalue weighted by Gasteiger charge is 2.36. The number of oxazole rings is 1. The second-order valence-corrected chi connectivity index (χ2v) is 7.61. The van der Waals surface area contributed by atoms with Gasteiger partial charge in [0.15, 0.2) is 5.58 Å². The highest BCUT2D eigenvalue weighted by Crippen LogP contribution is 2.31. The second-order valence-electron chi connectivity index (χ2n) is 7.61. The minimum atomic E-state index is -0.425. The Hall–Kier alpha value is -3.15. The molecule has 6 nitrogen and oxygen atoms in total. The van der Waals surface area contributed by atoms with Gasteiger partial charge in [0.25, 0.3) is 0 Å². The smallest absolute Gasteiger partial charge is 0.311 e. The van der Waals surface area contributed by atoms with Gasteiger partial charge in [-0.3, -0.25) is 9.59 Å². The van der Waals surface area contributed by atoms with Crippen LogP contribution in [0, 0.1) is 5.92 Å². The first-order valence-corrected chi connectivity index (χ1v) is 9.94. The number of carbonyl (C=O) groups is 2. The van der Waals surface area contributed by atoms with Gasteiger partial charge in [0, 0.05) is 24.2 Å². The van der Waals surface area contributed by atoms with Gasteiger partial charge in [-0.1, -0.05) is 26.0 Å². The fraction of sp³-hybridized carbons (Fsp3) is 0.348. The molecule has 4 rings (SSSR count). The summed E-state index contributed by atoms with van der Waals surface area (Å²) in [4.78, 5) is 30.6. The van der Waals surface area contributed by atoms with E-state index >= 15 is 0 Å². The predicted molar refractivity (Wildman–Crippen MR) is 111 cm³/mol. The summed E-state index contributed by atoms with van der Waals surface area (Å²) in [5.41, 5.74) is 4.22. The summed E-state index contributed by atoms with van der Waals surface area (Å²) in [7, 11) is 0. The number of anilines is 1. The van der Waals surface area contributed by atoms with Crippen LogP contribution in [0.3, 0.4) is 0 Å². The number of benzene rings is 2. The fourth-order valence-corrected chi connectivity index (χ4v) is 3.59. The first kappa shape index (κ1) is 19.2. The van der Waals surface area contributed by atoms with Crippen molar-refractivity contribution in [3.8, 4) is 11.5 Å². The van der Waals surface area contributed by atoms with Crippen molar-refractivity contribution in [2.45, 2.75) is 33.1 Å². The van der Waals surface area contributed by atoms with E-state index in [2.05, 4.69) is 31.0 Å². The summed E-state index contributed by atoms with van der Waals surface area (Å²) in [6, 6.07) is 13.6. The number of amides is 1. The number of fused-ring (bicyclic) bond motifs is 1. The molecule has 1 amide bonds. The van der Waals surface area contributed by atoms with Crippen LogP contribution in [0.15, 0.2) is 46.9 Å². The van der Waals surface area contributed by atoms with E-state index in [0.29, 0.717) is 41.7 Å². The van der Waals surface area contributed by atoms with Gasteiger partial charge >= 0.3 is 5.97 Å². The lowest BCUT2D eigenvalue weighted by molar-refractivity contribution is -0.147. The van der Waals surface area contributed by atoms with Crippen LogP contribution in [-0.2, 0) is 14.3 Å². The summed E-state index contributed by atoms with van der Waals surface area (Å²) in [6.07, 6.45) is 0.170. The molecule has 29 heavy (non-hydrogen) atoms. The van der Waals surface area contributed by atoms with Crippen LogP contribution in [0.2, 0.25) is 0 Å². The van der Waals surface area contributed by atoms with Crippen molar-refractivity contribution in [1.29, 1.82) is 0 Å². The molecule has 0 spiro atoms. The lowest BCUT2D eigenvalue weighted by Crippen LogP contribution is -2.26. The van der Waals surface area contributed by atoms with Crippen molar-refractivity contribution in [3.05, 3.63) is 48.0 Å². The van der Waals surface area contributed by atoms with Gasteiger partial charge in [0.2, 0.25) is 11.8 Å². The molecule has 0 N–H and O–H groups in total. The number of nitrogens with zero attached hydrogens (tertiary/aromatic N) is 2. The number of rotatable bonds is 5. The minimum Gasteiger partial charge on any atom is -0.466 e. The molecule has 150 valence electrons. The second kappa shape index (κ2) is 7.70. The van der Waals surface area contributed by atoms with E-state index in [9.17, 15) is 9.59 Å². The third kappa shape index (κ3) is 3.75. The monoisotopic (exact) mass is 392 g/mol. The molecular weight excluding hydrogens is 368 g/mol. The van der Waals surface area contributed by atoms with E-state index in [1.165, 1.54) is 5.56 Å². The highest BCUT2D eigenvalue weighted by molar-refractivity contribution is 6.00. The van der Waals surface area contributed by atoms with Crippen LogP contribution in [0.5, 0.6) is 0 Å². The molecule has 1 unspecified atom stereocenters. The van der Waals surface area contributed by atoms with Crippen molar-refractivity contribution in [2.24, 2.45) is 5.92 Å². The third-order valence-electron chi connectivity index (χ3n) is 5.25. The molecule has 1 atom stereocenters. The molecule has 1 fully saturated rings. The topological polar surface area (TPSA) is 72.6 Å². The van der Waals surface area contributed by atoms with Gasteiger partial charge in [-0.05, 0) is 48.7 Å². The van der Waals surface area contributed by atoms with Gasteiger partial charge in [0.1, 0.15) is 5.52 Å². The van der Waals surface area contributed by atoms with E-state index < -0.39 is 5.92 Å². The van der Waals surface area contributed by atoms with E-state index in [1.54, 1.807) is 11.8 Å². The zero-order valence-corrected chi connectivity index (χ0v) is 16.8. The van der Waals surface area contributed by atoms with Crippen LogP contribution in [0.1, 0.15) is 38.7 Å². The van der Waals surface area contributed by atoms with E-state index in [0.717, 1.165) is 5.56 Å². The Morgan fingerprint density at radius 2 is 2.00 bits per heavy atom. The number of esters is 1. The molecule has 1 aromatic heterocycles. The summed E-state index contributed by atoms with van der Waals surface area (Å²) in [6.45, 7) is 6.71. The fourth-order valence-electron chi connectivity index (χ4n) is 3.59. The maximum absolute atomic E-state index is 12.4. The molecule has 3 aromatic rings. The van der Waals surface area contributed by atoms with Crippen LogP contribution >= 0.6 is 0 Å². The summed E-state index contributed by atoms with van der Waals surface area (Å²) in [5, 5.41) is 0. The van der Waals surface area contributed by atoms with Crippen molar-refractivity contribution in [1.82, 2.24) is 4.98 Å². The average molecular weight is 392 g/mol. The molecule has 2 aromatic carbocycles. The zero-order chi connectivity index (χ0) is 20.5. The number of hydrogen-bond donors (Lipinski definition) is 0. The summed E-state index contributed by atoms with van der Waals surface area (Å²) >= 11 is 0. The Bertz CT molecular complexity index is 1050. The predicted octanol–water partition coefficient (Wildman–Crippen LogP) is 4.53. The largest absolute Gasteiger partial charge is 0.466 e. The minimum absolute atomic E-state index is 0.0876. The van der Waals surface area contributed by atoms with E-state index in [1.807, 2.05) is 30.3 Å². The Balaban J connectivity index is 1.59. The quantitative estimate of drug-likeness (QED) is 0.596. The number of hydrogen-bond acceptors (Lipinski definition) is 5. The van der Waals surface area contributed by atoms with Crippen molar-refractivity contribution >= 4 is 28.7 Å². The zero-order valence-electron chi connectivity index (χ0n) is 16.8. The first-order chi connectivity index (χ1) is 14.0. The Morgan fingerprint density at radius 3 is 2.69 bits per heavy atom. The first-order valence-electron chi connectivity index (χ1n) is 9.94. The molecule has 0 radical (unpaired) electrons. The molecule has 0 saturated carbocycles. The van der Waals surface area contributed by atoms with Crippen molar-refractivity contribution in [2.75, 3.05) is 18.1 Å². The van der Waals surface area contributed by atoms with Crippen molar-refractivity contribution < 1.29 is 18.7 Å². The van der Waals surface area contributed by atoms with Gasteiger partial charge in [-0.25, -0.2) is 4.98 Å². The standard InChI is InChI=1S/C23H24N2O4/c1-4-28-23(27)17-11-21(26)25(13-17)18-9-10-20-19(12-18)24-22(29-20)16-7-5-15(6-8-16)14(2)3/h5-10,12,14,17H,4,11,13H2,1-3H3. The molecule has 2 heterocycles. The third-order valence-corrected chi connectivity index (χ3v) is 5.25. The number of ether oxygens (including phenoxy) is 1. The molecule has 1 saturated heterocycles. The Morgan fingerprint density at radius 1 is 1.24 bits per heavy atom. The Kier molecular flexibility index (Phi) is 5.09. The lowest BCUT2D eigenvalue weighted by Gasteiger charge is -2.16. The van der Waals surface area contributed by atoms with Gasteiger partial charge < -0.3 is 14.1 Å². The van der Waals surface area contributed by atoms with Crippen LogP contribution in [0.4, 0.5) is 5.69 Å². The molecular formula is C23H24N2O4. The Labute approximate surface area is 169 Å². The van der Waals surface area contributed by atoms with E-state index in [-0.39, 0.29) is 18.3 Å². The van der Waals surface area contributed by atoms with Gasteiger partial charge in [-0.2, -0.15) is 0 Å². The maximum Gasteiger partial charge on any atom is 0.311 e. The number of aromatic nitrogens is 1. The van der Waals surface area contributed by atoms with Crippen LogP contribution < -0.4 is 4.90 Å². The molecule has 1 aliphatic heterocycles. The highest BCUT2D eigenvalue weighted by atomic mass is 16.5. The van der Waals surface area contributed by atoms with Crippen LogP contribution in [0.25, 0.3) is 22.6 Å². The molecule has 1 aliphatic rings. The van der Waals surface area contributed by atoms with E-state index in [4.69, 9.17) is 9.15 Å². The molecule has 6 heteroatoms.